The zero-order valence-corrected chi connectivity index (χ0v) is 19.0. The largest absolute Gasteiger partial charge is 0.457 e. The van der Waals surface area contributed by atoms with Gasteiger partial charge in [-0.15, -0.1) is 0 Å². The zero-order chi connectivity index (χ0) is 23.5. The Morgan fingerprint density at radius 2 is 1.94 bits per heavy atom. The number of halogens is 1. The summed E-state index contributed by atoms with van der Waals surface area (Å²) in [6.45, 7) is 0.522. The van der Waals surface area contributed by atoms with Gasteiger partial charge in [0.25, 0.3) is 0 Å². The van der Waals surface area contributed by atoms with Crippen molar-refractivity contribution in [1.82, 2.24) is 15.0 Å². The van der Waals surface area contributed by atoms with E-state index in [4.69, 9.17) is 21.1 Å². The van der Waals surface area contributed by atoms with Crippen LogP contribution in [0.3, 0.4) is 0 Å². The van der Waals surface area contributed by atoms with Crippen molar-refractivity contribution >= 4 is 34.2 Å². The summed E-state index contributed by atoms with van der Waals surface area (Å²) in [5, 5.41) is 13.4. The molecule has 0 bridgehead atoms. The van der Waals surface area contributed by atoms with Crippen LogP contribution in [0.5, 0.6) is 11.5 Å². The Morgan fingerprint density at radius 3 is 2.71 bits per heavy atom. The van der Waals surface area contributed by atoms with E-state index in [1.807, 2.05) is 30.3 Å². The highest BCUT2D eigenvalue weighted by Gasteiger charge is 2.25. The molecule has 1 unspecified atom stereocenters. The number of aromatic nitrogens is 3. The molecule has 0 amide bonds. The van der Waals surface area contributed by atoms with Crippen molar-refractivity contribution in [3.05, 3.63) is 77.2 Å². The minimum Gasteiger partial charge on any atom is -0.457 e. The van der Waals surface area contributed by atoms with Gasteiger partial charge in [0, 0.05) is 24.4 Å². The number of hydrogen-bond acceptors (Lipinski definition) is 7. The topological polar surface area (TPSA) is 109 Å². The third-order valence-electron chi connectivity index (χ3n) is 5.77. The van der Waals surface area contributed by atoms with Crippen LogP contribution in [0, 0.1) is 0 Å². The minimum absolute atomic E-state index is 0.0145. The molecule has 34 heavy (non-hydrogen) atoms. The molecule has 9 heteroatoms. The molecule has 3 N–H and O–H groups in total. The van der Waals surface area contributed by atoms with Gasteiger partial charge >= 0.3 is 0 Å². The predicted octanol–water partition coefficient (Wildman–Crippen LogP) is 4.59. The second-order valence-electron chi connectivity index (χ2n) is 8.06. The number of nitrogens with zero attached hydrogens (tertiary/aromatic N) is 2. The van der Waals surface area contributed by atoms with E-state index in [0.717, 1.165) is 12.8 Å². The van der Waals surface area contributed by atoms with E-state index < -0.39 is 0 Å². The van der Waals surface area contributed by atoms with E-state index in [-0.39, 0.29) is 29.6 Å². The van der Waals surface area contributed by atoms with Crippen molar-refractivity contribution in [1.29, 1.82) is 0 Å². The lowest BCUT2D eigenvalue weighted by Crippen LogP contribution is -2.22. The van der Waals surface area contributed by atoms with E-state index in [9.17, 15) is 9.90 Å². The average Bonchev–Trinajstić information content (AvgIpc) is 3.50. The number of carbonyl (C=O) groups excluding carboxylic acids is 1. The first kappa shape index (κ1) is 22.3. The van der Waals surface area contributed by atoms with E-state index in [1.165, 1.54) is 6.33 Å². The second-order valence-corrected chi connectivity index (χ2v) is 8.46. The van der Waals surface area contributed by atoms with E-state index in [1.54, 1.807) is 24.4 Å². The number of ketones is 1. The molecular weight excluding hydrogens is 456 g/mol. The standard InChI is InChI=1S/C25H23ClN4O4/c26-21-10-16(33-15-4-2-1-3-5-15)8-9-19(21)23(32)20-12-28-25-22(20)24(29-14-30-25)27-11-17-6-7-18(13-31)34-17/h1-5,8-10,12,14,17-18,31H,6-7,11,13H2,(H2,27,28,29,30)/t17-,18?/m1/s1. The van der Waals surface area contributed by atoms with Crippen molar-refractivity contribution in [2.45, 2.75) is 25.0 Å². The molecule has 1 aliphatic rings. The molecule has 0 aliphatic carbocycles. The van der Waals surface area contributed by atoms with E-state index in [0.29, 0.717) is 46.0 Å². The van der Waals surface area contributed by atoms with Gasteiger partial charge in [-0.1, -0.05) is 29.8 Å². The predicted molar refractivity (Wildman–Crippen MR) is 129 cm³/mol. The molecule has 0 spiro atoms. The van der Waals surface area contributed by atoms with Gasteiger partial charge in [-0.05, 0) is 37.1 Å². The Balaban J connectivity index is 1.38. The van der Waals surface area contributed by atoms with Crippen LogP contribution in [0.15, 0.2) is 61.1 Å². The normalized spacial score (nSPS) is 17.7. The number of para-hydroxylation sites is 1. The third-order valence-corrected chi connectivity index (χ3v) is 6.09. The van der Waals surface area contributed by atoms with Crippen LogP contribution < -0.4 is 10.1 Å². The lowest BCUT2D eigenvalue weighted by Gasteiger charge is -2.14. The smallest absolute Gasteiger partial charge is 0.196 e. The Hall–Kier alpha value is -3.46. The maximum absolute atomic E-state index is 13.4. The first-order valence-electron chi connectivity index (χ1n) is 11.0. The summed E-state index contributed by atoms with van der Waals surface area (Å²) in [6, 6.07) is 14.3. The van der Waals surface area contributed by atoms with Crippen molar-refractivity contribution in [3.8, 4) is 11.5 Å². The Morgan fingerprint density at radius 1 is 1.12 bits per heavy atom. The SMILES string of the molecule is O=C(c1ccc(Oc2ccccc2)cc1Cl)c1c[nH]c2ncnc(NC[C@H]3CCC(CO)O3)c12. The minimum atomic E-state index is -0.252. The number of aliphatic hydroxyl groups is 1. The van der Waals surface area contributed by atoms with Gasteiger partial charge in [0.05, 0.1) is 34.8 Å². The number of anilines is 1. The van der Waals surface area contributed by atoms with E-state index >= 15 is 0 Å². The van der Waals surface area contributed by atoms with Crippen molar-refractivity contribution in [2.75, 3.05) is 18.5 Å². The Kier molecular flexibility index (Phi) is 6.44. The maximum Gasteiger partial charge on any atom is 0.196 e. The summed E-state index contributed by atoms with van der Waals surface area (Å²) >= 11 is 6.48. The molecular formula is C25H23ClN4O4. The first-order valence-corrected chi connectivity index (χ1v) is 11.4. The van der Waals surface area contributed by atoms with Crippen molar-refractivity contribution in [2.24, 2.45) is 0 Å². The molecule has 4 aromatic rings. The molecule has 0 radical (unpaired) electrons. The van der Waals surface area contributed by atoms with Crippen LogP contribution in [-0.4, -0.2) is 51.2 Å². The molecule has 0 saturated carbocycles. The van der Waals surface area contributed by atoms with Crippen LogP contribution in [-0.2, 0) is 4.74 Å². The number of nitrogens with one attached hydrogen (secondary N) is 2. The number of aliphatic hydroxyl groups excluding tert-OH is 1. The van der Waals surface area contributed by atoms with Crippen LogP contribution >= 0.6 is 11.6 Å². The zero-order valence-electron chi connectivity index (χ0n) is 18.2. The number of H-pyrrole nitrogens is 1. The molecule has 2 aromatic carbocycles. The molecule has 2 atom stereocenters. The highest BCUT2D eigenvalue weighted by atomic mass is 35.5. The summed E-state index contributed by atoms with van der Waals surface area (Å²) in [4.78, 5) is 25.1. The fourth-order valence-electron chi connectivity index (χ4n) is 4.06. The molecule has 3 heterocycles. The number of fused-ring (bicyclic) bond motifs is 1. The number of hydrogen-bond donors (Lipinski definition) is 3. The van der Waals surface area contributed by atoms with Gasteiger partial charge in [0.1, 0.15) is 29.3 Å². The quantitative estimate of drug-likeness (QED) is 0.318. The molecule has 1 saturated heterocycles. The van der Waals surface area contributed by atoms with E-state index in [2.05, 4.69) is 20.3 Å². The lowest BCUT2D eigenvalue weighted by atomic mass is 10.0. The maximum atomic E-state index is 13.4. The van der Waals surface area contributed by atoms with Crippen LogP contribution in [0.4, 0.5) is 5.82 Å². The summed E-state index contributed by atoms with van der Waals surface area (Å²) < 4.78 is 11.6. The summed E-state index contributed by atoms with van der Waals surface area (Å²) in [5.74, 6) is 1.50. The highest BCUT2D eigenvalue weighted by Crippen LogP contribution is 2.31. The fourth-order valence-corrected chi connectivity index (χ4v) is 4.32. The van der Waals surface area contributed by atoms with Gasteiger partial charge in [-0.25, -0.2) is 9.97 Å². The number of aromatic amines is 1. The average molecular weight is 479 g/mol. The summed E-state index contributed by atoms with van der Waals surface area (Å²) in [7, 11) is 0. The number of ether oxygens (including phenoxy) is 2. The van der Waals surface area contributed by atoms with Crippen LogP contribution in [0.25, 0.3) is 11.0 Å². The fraction of sp³-hybridized carbons (Fsp3) is 0.240. The van der Waals surface area contributed by atoms with Crippen molar-refractivity contribution in [3.63, 3.8) is 0 Å². The van der Waals surface area contributed by atoms with Gasteiger partial charge in [0.15, 0.2) is 5.78 Å². The third kappa shape index (κ3) is 4.61. The van der Waals surface area contributed by atoms with Crippen LogP contribution in [0.2, 0.25) is 5.02 Å². The molecule has 5 rings (SSSR count). The molecule has 8 nitrogen and oxygen atoms in total. The second kappa shape index (κ2) is 9.80. The monoisotopic (exact) mass is 478 g/mol. The molecule has 1 aliphatic heterocycles. The summed E-state index contributed by atoms with van der Waals surface area (Å²) in [5.41, 5.74) is 1.31. The molecule has 174 valence electrons. The van der Waals surface area contributed by atoms with Gasteiger partial charge in [0.2, 0.25) is 0 Å². The lowest BCUT2D eigenvalue weighted by molar-refractivity contribution is 0.0174. The Bertz CT molecular complexity index is 1310. The number of rotatable bonds is 8. The Labute approximate surface area is 200 Å². The van der Waals surface area contributed by atoms with Gasteiger partial charge < -0.3 is 24.9 Å². The van der Waals surface area contributed by atoms with Gasteiger partial charge in [-0.2, -0.15) is 0 Å². The number of benzene rings is 2. The first-order chi connectivity index (χ1) is 16.6. The molecule has 2 aromatic heterocycles. The van der Waals surface area contributed by atoms with Gasteiger partial charge in [-0.3, -0.25) is 4.79 Å². The summed E-state index contributed by atoms with van der Waals surface area (Å²) in [6.07, 6.45) is 4.55. The van der Waals surface area contributed by atoms with Crippen molar-refractivity contribution < 1.29 is 19.4 Å². The molecule has 1 fully saturated rings. The highest BCUT2D eigenvalue weighted by molar-refractivity contribution is 6.35. The number of carbonyl (C=O) groups is 1. The van der Waals surface area contributed by atoms with Crippen LogP contribution in [0.1, 0.15) is 28.8 Å².